The highest BCUT2D eigenvalue weighted by molar-refractivity contribution is 5.74. The molecule has 1 fully saturated rings. The molecule has 1 saturated heterocycles. The van der Waals surface area contributed by atoms with E-state index in [0.717, 1.165) is 16.8 Å². The molecule has 2 aromatic heterocycles. The van der Waals surface area contributed by atoms with Gasteiger partial charge in [-0.1, -0.05) is 0 Å². The van der Waals surface area contributed by atoms with Crippen molar-refractivity contribution in [3.05, 3.63) is 42.2 Å². The highest BCUT2D eigenvalue weighted by Crippen LogP contribution is 2.35. The number of rotatable bonds is 5. The number of pyridine rings is 1. The Morgan fingerprint density at radius 1 is 1.19 bits per heavy atom. The van der Waals surface area contributed by atoms with Gasteiger partial charge in [-0.25, -0.2) is 4.68 Å². The monoisotopic (exact) mass is 446 g/mol. The second-order valence-corrected chi connectivity index (χ2v) is 7.91. The van der Waals surface area contributed by atoms with Gasteiger partial charge in [-0.15, -0.1) is 5.10 Å². The van der Waals surface area contributed by atoms with Crippen molar-refractivity contribution in [2.75, 3.05) is 30.4 Å². The number of piperidine rings is 1. The first-order valence-corrected chi connectivity index (χ1v) is 10.4. The molecule has 1 aliphatic rings. The number of halogens is 3. The summed E-state index contributed by atoms with van der Waals surface area (Å²) in [5.41, 5.74) is 3.52. The zero-order chi connectivity index (χ0) is 22.9. The molecule has 0 spiro atoms. The molecule has 3 heterocycles. The van der Waals surface area contributed by atoms with Gasteiger partial charge in [-0.05, 0) is 49.6 Å². The lowest BCUT2D eigenvalue weighted by atomic mass is 9.98. The Hall–Kier alpha value is -3.30. The van der Waals surface area contributed by atoms with E-state index in [1.165, 1.54) is 4.68 Å². The second-order valence-electron chi connectivity index (χ2n) is 7.91. The van der Waals surface area contributed by atoms with E-state index in [1.54, 1.807) is 25.3 Å². The molecule has 0 amide bonds. The second kappa shape index (κ2) is 8.68. The number of hydrogen-bond acceptors (Lipinski definition) is 6. The third-order valence-electron chi connectivity index (χ3n) is 5.57. The summed E-state index contributed by atoms with van der Waals surface area (Å²) in [4.78, 5) is 10.3. The van der Waals surface area contributed by atoms with E-state index in [-0.39, 0.29) is 13.0 Å². The quantitative estimate of drug-likeness (QED) is 0.612. The maximum absolute atomic E-state index is 13.2. The molecule has 0 bridgehead atoms. The Kier molecular flexibility index (Phi) is 5.94. The number of aromatic nitrogens is 4. The topological polar surface area (TPSA) is 68.1 Å². The number of nitrogens with one attached hydrogen (secondary N) is 1. The molecule has 7 nitrogen and oxygen atoms in total. The van der Waals surface area contributed by atoms with Crippen molar-refractivity contribution in [1.82, 2.24) is 19.7 Å². The van der Waals surface area contributed by atoms with Crippen LogP contribution in [-0.2, 0) is 7.05 Å². The largest absolute Gasteiger partial charge is 0.496 e. The third-order valence-corrected chi connectivity index (χ3v) is 5.57. The Morgan fingerprint density at radius 2 is 2.00 bits per heavy atom. The highest BCUT2D eigenvalue weighted by atomic mass is 19.4. The summed E-state index contributed by atoms with van der Waals surface area (Å²) < 4.78 is 46.6. The van der Waals surface area contributed by atoms with Gasteiger partial charge in [-0.3, -0.25) is 4.98 Å². The summed E-state index contributed by atoms with van der Waals surface area (Å²) in [7, 11) is 3.28. The van der Waals surface area contributed by atoms with E-state index in [1.807, 2.05) is 37.3 Å². The molecular formula is C22H25F3N6O. The van der Waals surface area contributed by atoms with Crippen LogP contribution >= 0.6 is 0 Å². The molecule has 1 aromatic carbocycles. The Morgan fingerprint density at radius 3 is 2.72 bits per heavy atom. The molecule has 32 heavy (non-hydrogen) atoms. The lowest BCUT2D eigenvalue weighted by molar-refractivity contribution is -0.176. The number of ether oxygens (including phenoxy) is 1. The van der Waals surface area contributed by atoms with Crippen LogP contribution in [0.1, 0.15) is 18.5 Å². The van der Waals surface area contributed by atoms with E-state index in [4.69, 9.17) is 4.74 Å². The fourth-order valence-corrected chi connectivity index (χ4v) is 3.98. The van der Waals surface area contributed by atoms with E-state index in [2.05, 4.69) is 20.4 Å². The van der Waals surface area contributed by atoms with Crippen molar-refractivity contribution >= 4 is 17.6 Å². The summed E-state index contributed by atoms with van der Waals surface area (Å²) in [6.07, 6.45) is -1.84. The molecule has 4 rings (SSSR count). The number of anilines is 3. The van der Waals surface area contributed by atoms with Crippen LogP contribution in [0.3, 0.4) is 0 Å². The highest BCUT2D eigenvalue weighted by Gasteiger charge is 2.42. The normalized spacial score (nSPS) is 16.8. The molecule has 1 N–H and O–H groups in total. The van der Waals surface area contributed by atoms with Crippen molar-refractivity contribution in [3.8, 4) is 16.9 Å². The zero-order valence-corrected chi connectivity index (χ0v) is 18.1. The van der Waals surface area contributed by atoms with Crippen LogP contribution in [0.5, 0.6) is 5.75 Å². The third kappa shape index (κ3) is 4.63. The van der Waals surface area contributed by atoms with Crippen LogP contribution < -0.4 is 15.0 Å². The maximum atomic E-state index is 13.2. The van der Waals surface area contributed by atoms with Gasteiger partial charge in [0.15, 0.2) is 0 Å². The maximum Gasteiger partial charge on any atom is 0.393 e. The number of aryl methyl sites for hydroxylation is 2. The molecule has 0 aliphatic carbocycles. The van der Waals surface area contributed by atoms with Crippen molar-refractivity contribution in [3.63, 3.8) is 0 Å². The Labute approximate surface area is 184 Å². The average molecular weight is 446 g/mol. The molecule has 0 saturated carbocycles. The predicted molar refractivity (Wildman–Crippen MR) is 116 cm³/mol. The fourth-order valence-electron chi connectivity index (χ4n) is 3.98. The lowest BCUT2D eigenvalue weighted by Gasteiger charge is -2.33. The predicted octanol–water partition coefficient (Wildman–Crippen LogP) is 4.72. The summed E-state index contributed by atoms with van der Waals surface area (Å²) in [5.74, 6) is 0.0438. The summed E-state index contributed by atoms with van der Waals surface area (Å²) in [6.45, 7) is 2.34. The van der Waals surface area contributed by atoms with Crippen molar-refractivity contribution in [2.24, 2.45) is 13.0 Å². The first-order valence-electron chi connectivity index (χ1n) is 10.4. The SMILES string of the molecule is COc1cc(Nc2nc(N3CCCC(C(F)(F)F)C3)n(C)n2)ccc1-c1ccnc(C)c1. The van der Waals surface area contributed by atoms with Gasteiger partial charge in [0.1, 0.15) is 5.75 Å². The first kappa shape index (κ1) is 21.9. The number of methoxy groups -OCH3 is 1. The van der Waals surface area contributed by atoms with Gasteiger partial charge in [-0.2, -0.15) is 18.2 Å². The van der Waals surface area contributed by atoms with Gasteiger partial charge in [0.2, 0.25) is 11.9 Å². The lowest BCUT2D eigenvalue weighted by Crippen LogP contribution is -2.42. The molecule has 1 atom stereocenters. The van der Waals surface area contributed by atoms with Gasteiger partial charge < -0.3 is 15.0 Å². The number of hydrogen-bond donors (Lipinski definition) is 1. The van der Waals surface area contributed by atoms with E-state index < -0.39 is 12.1 Å². The van der Waals surface area contributed by atoms with Crippen molar-refractivity contribution in [2.45, 2.75) is 25.9 Å². The van der Waals surface area contributed by atoms with Gasteiger partial charge in [0, 0.05) is 49.3 Å². The van der Waals surface area contributed by atoms with Crippen LogP contribution in [0.2, 0.25) is 0 Å². The fraction of sp³-hybridized carbons (Fsp3) is 0.409. The summed E-state index contributed by atoms with van der Waals surface area (Å²) in [6, 6.07) is 9.53. The van der Waals surface area contributed by atoms with Crippen LogP contribution in [0.15, 0.2) is 36.5 Å². The van der Waals surface area contributed by atoms with E-state index in [0.29, 0.717) is 36.3 Å². The number of nitrogens with zero attached hydrogens (tertiary/aromatic N) is 5. The molecule has 3 aromatic rings. The number of benzene rings is 1. The van der Waals surface area contributed by atoms with Crippen LogP contribution in [0.4, 0.5) is 30.8 Å². The minimum Gasteiger partial charge on any atom is -0.496 e. The van der Waals surface area contributed by atoms with E-state index in [9.17, 15) is 13.2 Å². The zero-order valence-electron chi connectivity index (χ0n) is 18.1. The van der Waals surface area contributed by atoms with Gasteiger partial charge >= 0.3 is 6.18 Å². The molecule has 170 valence electrons. The molecule has 1 aliphatic heterocycles. The van der Waals surface area contributed by atoms with Gasteiger partial charge in [0.25, 0.3) is 0 Å². The van der Waals surface area contributed by atoms with Crippen molar-refractivity contribution < 1.29 is 17.9 Å². The minimum atomic E-state index is -4.20. The smallest absolute Gasteiger partial charge is 0.393 e. The Bertz CT molecular complexity index is 1100. The molecule has 10 heteroatoms. The molecule has 0 radical (unpaired) electrons. The summed E-state index contributed by atoms with van der Waals surface area (Å²) in [5, 5.41) is 7.46. The van der Waals surface area contributed by atoms with Crippen LogP contribution in [0, 0.1) is 12.8 Å². The number of alkyl halides is 3. The first-order chi connectivity index (χ1) is 15.2. The van der Waals surface area contributed by atoms with E-state index >= 15 is 0 Å². The average Bonchev–Trinajstić information content (AvgIpc) is 3.13. The minimum absolute atomic E-state index is 0.108. The molecular weight excluding hydrogens is 421 g/mol. The molecule has 1 unspecified atom stereocenters. The standard InChI is InChI=1S/C22H25F3N6O/c1-14-11-15(8-9-26-14)18-7-6-17(12-19(18)32-3)27-20-28-21(30(2)29-20)31-10-4-5-16(13-31)22(23,24)25/h6-9,11-12,16H,4-5,10,13H2,1-3H3,(H,27,29). The Balaban J connectivity index is 1.54. The van der Waals surface area contributed by atoms with Crippen molar-refractivity contribution in [1.29, 1.82) is 0 Å². The summed E-state index contributed by atoms with van der Waals surface area (Å²) >= 11 is 0. The van der Waals surface area contributed by atoms with Crippen LogP contribution in [-0.4, -0.2) is 46.1 Å². The van der Waals surface area contributed by atoms with Gasteiger partial charge in [0.05, 0.1) is 13.0 Å². The van der Waals surface area contributed by atoms with Crippen LogP contribution in [0.25, 0.3) is 11.1 Å².